The van der Waals surface area contributed by atoms with E-state index in [4.69, 9.17) is 0 Å². The van der Waals surface area contributed by atoms with Crippen molar-refractivity contribution in [2.75, 3.05) is 18.1 Å². The minimum absolute atomic E-state index is 0.103. The van der Waals surface area contributed by atoms with Gasteiger partial charge in [-0.05, 0) is 37.9 Å². The smallest absolute Gasteiger partial charge is 0.150 e. The van der Waals surface area contributed by atoms with Crippen LogP contribution in [0.1, 0.15) is 25.2 Å². The number of para-hydroxylation sites is 2. The standard InChI is InChI=1S/C15H21N3O2S/c1-11(16-9-12-7-8-21(19,20)10-12)15-17-13-5-3-4-6-14(13)18(15)2/h3-6,11-12,16H,7-10H2,1-2H3. The van der Waals surface area contributed by atoms with Crippen molar-refractivity contribution in [3.63, 3.8) is 0 Å². The van der Waals surface area contributed by atoms with Crippen LogP contribution in [0.2, 0.25) is 0 Å². The molecule has 0 bridgehead atoms. The molecule has 1 N–H and O–H groups in total. The van der Waals surface area contributed by atoms with Crippen molar-refractivity contribution >= 4 is 20.9 Å². The topological polar surface area (TPSA) is 64.0 Å². The molecule has 3 rings (SSSR count). The Morgan fingerprint density at radius 2 is 2.19 bits per heavy atom. The lowest BCUT2D eigenvalue weighted by Crippen LogP contribution is -2.28. The van der Waals surface area contributed by atoms with E-state index in [0.29, 0.717) is 11.5 Å². The summed E-state index contributed by atoms with van der Waals surface area (Å²) in [5.74, 6) is 1.86. The predicted molar refractivity (Wildman–Crippen MR) is 83.9 cm³/mol. The molecule has 2 atom stereocenters. The summed E-state index contributed by atoms with van der Waals surface area (Å²) in [5, 5.41) is 3.43. The molecular formula is C15H21N3O2S. The molecule has 0 saturated carbocycles. The summed E-state index contributed by atoms with van der Waals surface area (Å²) in [4.78, 5) is 4.67. The third kappa shape index (κ3) is 2.96. The van der Waals surface area contributed by atoms with Crippen LogP contribution in [-0.4, -0.2) is 36.0 Å². The maximum absolute atomic E-state index is 11.5. The molecule has 5 nitrogen and oxygen atoms in total. The quantitative estimate of drug-likeness (QED) is 0.933. The third-order valence-corrected chi connectivity index (χ3v) is 6.09. The van der Waals surface area contributed by atoms with Crippen molar-refractivity contribution in [2.24, 2.45) is 13.0 Å². The Morgan fingerprint density at radius 3 is 2.86 bits per heavy atom. The molecule has 0 radical (unpaired) electrons. The van der Waals surface area contributed by atoms with E-state index in [1.54, 1.807) is 0 Å². The predicted octanol–water partition coefficient (Wildman–Crippen LogP) is 1.66. The van der Waals surface area contributed by atoms with Gasteiger partial charge in [-0.3, -0.25) is 0 Å². The second kappa shape index (κ2) is 5.42. The van der Waals surface area contributed by atoms with Crippen LogP contribution >= 0.6 is 0 Å². The highest BCUT2D eigenvalue weighted by Crippen LogP contribution is 2.21. The molecule has 0 aliphatic carbocycles. The fourth-order valence-electron chi connectivity index (χ4n) is 3.02. The molecule has 2 unspecified atom stereocenters. The highest BCUT2D eigenvalue weighted by atomic mass is 32.2. The summed E-state index contributed by atoms with van der Waals surface area (Å²) in [7, 11) is -0.781. The Hall–Kier alpha value is -1.40. The molecule has 21 heavy (non-hydrogen) atoms. The average Bonchev–Trinajstić information content (AvgIpc) is 2.97. The van der Waals surface area contributed by atoms with Crippen LogP contribution in [-0.2, 0) is 16.9 Å². The molecule has 1 fully saturated rings. The number of nitrogens with zero attached hydrogens (tertiary/aromatic N) is 2. The van der Waals surface area contributed by atoms with Crippen LogP contribution in [0.4, 0.5) is 0 Å². The SMILES string of the molecule is CC(NCC1CCS(=O)(=O)C1)c1nc2ccccc2n1C. The fraction of sp³-hybridized carbons (Fsp3) is 0.533. The summed E-state index contributed by atoms with van der Waals surface area (Å²) in [6.45, 7) is 2.80. The first-order valence-electron chi connectivity index (χ1n) is 7.31. The maximum atomic E-state index is 11.5. The minimum atomic E-state index is -2.80. The van der Waals surface area contributed by atoms with E-state index in [1.807, 2.05) is 25.2 Å². The Balaban J connectivity index is 1.70. The summed E-state index contributed by atoms with van der Waals surface area (Å²) in [6, 6.07) is 8.17. The molecular weight excluding hydrogens is 286 g/mol. The Kier molecular flexibility index (Phi) is 3.75. The van der Waals surface area contributed by atoms with Gasteiger partial charge in [0.15, 0.2) is 9.84 Å². The average molecular weight is 307 g/mol. The van der Waals surface area contributed by atoms with Crippen LogP contribution < -0.4 is 5.32 Å². The van der Waals surface area contributed by atoms with Gasteiger partial charge >= 0.3 is 0 Å². The molecule has 2 aromatic rings. The minimum Gasteiger partial charge on any atom is -0.330 e. The van der Waals surface area contributed by atoms with Crippen LogP contribution in [0.5, 0.6) is 0 Å². The van der Waals surface area contributed by atoms with Gasteiger partial charge in [-0.15, -0.1) is 0 Å². The van der Waals surface area contributed by atoms with E-state index >= 15 is 0 Å². The zero-order chi connectivity index (χ0) is 15.0. The van der Waals surface area contributed by atoms with Crippen molar-refractivity contribution in [3.8, 4) is 0 Å². The van der Waals surface area contributed by atoms with Crippen molar-refractivity contribution < 1.29 is 8.42 Å². The summed E-state index contributed by atoms with van der Waals surface area (Å²) >= 11 is 0. The van der Waals surface area contributed by atoms with Crippen molar-refractivity contribution in [3.05, 3.63) is 30.1 Å². The Bertz CT molecular complexity index is 751. The second-order valence-corrected chi connectivity index (χ2v) is 8.15. The molecule has 0 spiro atoms. The molecule has 114 valence electrons. The number of aryl methyl sites for hydroxylation is 1. The fourth-order valence-corrected chi connectivity index (χ4v) is 4.88. The highest BCUT2D eigenvalue weighted by Gasteiger charge is 2.28. The van der Waals surface area contributed by atoms with E-state index < -0.39 is 9.84 Å². The number of benzene rings is 1. The summed E-state index contributed by atoms with van der Waals surface area (Å²) in [6.07, 6.45) is 0.768. The maximum Gasteiger partial charge on any atom is 0.150 e. The van der Waals surface area contributed by atoms with E-state index in [2.05, 4.69) is 27.9 Å². The zero-order valence-corrected chi connectivity index (χ0v) is 13.2. The zero-order valence-electron chi connectivity index (χ0n) is 12.4. The molecule has 2 heterocycles. The summed E-state index contributed by atoms with van der Waals surface area (Å²) < 4.78 is 25.1. The van der Waals surface area contributed by atoms with Crippen molar-refractivity contribution in [2.45, 2.75) is 19.4 Å². The van der Waals surface area contributed by atoms with Crippen LogP contribution in [0.3, 0.4) is 0 Å². The monoisotopic (exact) mass is 307 g/mol. The lowest BCUT2D eigenvalue weighted by molar-refractivity contribution is 0.459. The number of aromatic nitrogens is 2. The van der Waals surface area contributed by atoms with E-state index in [1.165, 1.54) is 0 Å². The number of sulfone groups is 1. The first kappa shape index (κ1) is 14.5. The molecule has 6 heteroatoms. The van der Waals surface area contributed by atoms with Gasteiger partial charge in [0.2, 0.25) is 0 Å². The van der Waals surface area contributed by atoms with Gasteiger partial charge < -0.3 is 9.88 Å². The number of nitrogens with one attached hydrogen (secondary N) is 1. The number of hydrogen-bond donors (Lipinski definition) is 1. The molecule has 1 aliphatic rings. The van der Waals surface area contributed by atoms with Gasteiger partial charge in [0.1, 0.15) is 5.82 Å². The Morgan fingerprint density at radius 1 is 1.43 bits per heavy atom. The first-order chi connectivity index (χ1) is 9.96. The van der Waals surface area contributed by atoms with Crippen LogP contribution in [0.15, 0.2) is 24.3 Å². The van der Waals surface area contributed by atoms with Crippen molar-refractivity contribution in [1.29, 1.82) is 0 Å². The summed E-state index contributed by atoms with van der Waals surface area (Å²) in [5.41, 5.74) is 2.11. The normalized spacial score (nSPS) is 22.7. The van der Waals surface area contributed by atoms with Gasteiger partial charge in [0.05, 0.1) is 28.6 Å². The van der Waals surface area contributed by atoms with Crippen molar-refractivity contribution in [1.82, 2.24) is 14.9 Å². The molecule has 1 saturated heterocycles. The Labute approximate surface area is 125 Å². The third-order valence-electron chi connectivity index (χ3n) is 4.25. The van der Waals surface area contributed by atoms with Gasteiger partial charge in [-0.2, -0.15) is 0 Å². The largest absolute Gasteiger partial charge is 0.330 e. The highest BCUT2D eigenvalue weighted by molar-refractivity contribution is 7.91. The van der Waals surface area contributed by atoms with Gasteiger partial charge in [0.25, 0.3) is 0 Å². The van der Waals surface area contributed by atoms with Crippen LogP contribution in [0, 0.1) is 5.92 Å². The number of rotatable bonds is 4. The first-order valence-corrected chi connectivity index (χ1v) is 9.13. The number of fused-ring (bicyclic) bond motifs is 1. The lowest BCUT2D eigenvalue weighted by Gasteiger charge is -2.16. The van der Waals surface area contributed by atoms with Gasteiger partial charge in [-0.25, -0.2) is 13.4 Å². The number of hydrogen-bond acceptors (Lipinski definition) is 4. The van der Waals surface area contributed by atoms with Crippen LogP contribution in [0.25, 0.3) is 11.0 Å². The lowest BCUT2D eigenvalue weighted by atomic mass is 10.1. The molecule has 0 amide bonds. The van der Waals surface area contributed by atoms with E-state index in [9.17, 15) is 8.42 Å². The van der Waals surface area contributed by atoms with Gasteiger partial charge in [0, 0.05) is 7.05 Å². The molecule has 1 aliphatic heterocycles. The number of imidazole rings is 1. The molecule has 1 aromatic heterocycles. The second-order valence-electron chi connectivity index (χ2n) is 5.92. The van der Waals surface area contributed by atoms with E-state index in [-0.39, 0.29) is 12.0 Å². The van der Waals surface area contributed by atoms with Gasteiger partial charge in [-0.1, -0.05) is 12.1 Å². The van der Waals surface area contributed by atoms with E-state index in [0.717, 1.165) is 29.8 Å². The molecule has 1 aromatic carbocycles.